The van der Waals surface area contributed by atoms with E-state index >= 15 is 0 Å². The predicted molar refractivity (Wildman–Crippen MR) is 97.9 cm³/mol. The number of nitrogens with zero attached hydrogens (tertiary/aromatic N) is 3. The molecular formula is C20H18N4O2. The van der Waals surface area contributed by atoms with Crippen molar-refractivity contribution in [2.75, 3.05) is 12.8 Å². The number of rotatable bonds is 5. The maximum absolute atomic E-state index is 12.0. The summed E-state index contributed by atoms with van der Waals surface area (Å²) in [6.07, 6.45) is 5.04. The van der Waals surface area contributed by atoms with Gasteiger partial charge in [-0.2, -0.15) is 5.26 Å². The minimum Gasteiger partial charge on any atom is -0.464 e. The summed E-state index contributed by atoms with van der Waals surface area (Å²) in [5.74, 6) is -0.580. The van der Waals surface area contributed by atoms with Gasteiger partial charge in [-0.25, -0.2) is 4.79 Å². The Balaban J connectivity index is 1.85. The Morgan fingerprint density at radius 3 is 2.62 bits per heavy atom. The van der Waals surface area contributed by atoms with E-state index in [2.05, 4.69) is 4.98 Å². The van der Waals surface area contributed by atoms with Crippen molar-refractivity contribution in [2.24, 2.45) is 0 Å². The number of benzene rings is 1. The zero-order valence-electron chi connectivity index (χ0n) is 14.3. The molecule has 0 unspecified atom stereocenters. The van der Waals surface area contributed by atoms with Crippen molar-refractivity contribution < 1.29 is 9.53 Å². The lowest BCUT2D eigenvalue weighted by atomic mass is 10.1. The summed E-state index contributed by atoms with van der Waals surface area (Å²) >= 11 is 0. The third kappa shape index (κ3) is 3.42. The molecule has 3 rings (SSSR count). The maximum atomic E-state index is 12.0. The van der Waals surface area contributed by atoms with Crippen LogP contribution in [0.3, 0.4) is 0 Å². The normalized spacial score (nSPS) is 10.3. The number of aromatic nitrogens is 2. The first-order valence-corrected chi connectivity index (χ1v) is 8.12. The topological polar surface area (TPSA) is 93.9 Å². The summed E-state index contributed by atoms with van der Waals surface area (Å²) in [6, 6.07) is 15.6. The molecule has 2 aromatic heterocycles. The van der Waals surface area contributed by atoms with Gasteiger partial charge in [0.25, 0.3) is 0 Å². The second kappa shape index (κ2) is 7.53. The van der Waals surface area contributed by atoms with Gasteiger partial charge in [0.1, 0.15) is 6.07 Å². The number of methoxy groups -OCH3 is 1. The van der Waals surface area contributed by atoms with Gasteiger partial charge >= 0.3 is 5.97 Å². The van der Waals surface area contributed by atoms with Crippen LogP contribution >= 0.6 is 0 Å². The van der Waals surface area contributed by atoms with Gasteiger partial charge < -0.3 is 15.0 Å². The molecule has 2 N–H and O–H groups in total. The molecule has 6 heteroatoms. The molecule has 0 aliphatic heterocycles. The first-order valence-electron chi connectivity index (χ1n) is 8.12. The number of esters is 1. The highest BCUT2D eigenvalue weighted by atomic mass is 16.5. The number of hydrogen-bond donors (Lipinski definition) is 1. The zero-order chi connectivity index (χ0) is 18.5. The lowest BCUT2D eigenvalue weighted by molar-refractivity contribution is 0.0593. The second-order valence-corrected chi connectivity index (χ2v) is 5.77. The average molecular weight is 346 g/mol. The number of nitrogen functional groups attached to an aromatic ring is 1. The van der Waals surface area contributed by atoms with E-state index in [1.54, 1.807) is 17.0 Å². The highest BCUT2D eigenvalue weighted by molar-refractivity contribution is 5.95. The molecule has 0 saturated carbocycles. The SMILES string of the molecule is COC(=O)c1c(N)c(C#N)cn1-c1ccc(CCc2ccccn2)cc1. The molecular weight excluding hydrogens is 328 g/mol. The third-order valence-corrected chi connectivity index (χ3v) is 4.15. The summed E-state index contributed by atoms with van der Waals surface area (Å²) in [4.78, 5) is 16.4. The quantitative estimate of drug-likeness (QED) is 0.717. The van der Waals surface area contributed by atoms with Gasteiger partial charge in [-0.05, 0) is 42.7 Å². The first-order chi connectivity index (χ1) is 12.6. The molecule has 0 radical (unpaired) electrons. The number of carbonyl (C=O) groups is 1. The molecule has 2 heterocycles. The minimum absolute atomic E-state index is 0.124. The number of nitriles is 1. The van der Waals surface area contributed by atoms with Crippen LogP contribution in [0.2, 0.25) is 0 Å². The Labute approximate surface area is 151 Å². The van der Waals surface area contributed by atoms with Crippen molar-refractivity contribution in [2.45, 2.75) is 12.8 Å². The second-order valence-electron chi connectivity index (χ2n) is 5.77. The van der Waals surface area contributed by atoms with Crippen LogP contribution in [0, 0.1) is 11.3 Å². The van der Waals surface area contributed by atoms with E-state index in [0.29, 0.717) is 0 Å². The van der Waals surface area contributed by atoms with Crippen LogP contribution in [0.15, 0.2) is 54.9 Å². The molecule has 0 aliphatic rings. The van der Waals surface area contributed by atoms with E-state index in [-0.39, 0.29) is 16.9 Å². The summed E-state index contributed by atoms with van der Waals surface area (Å²) in [5, 5.41) is 9.18. The van der Waals surface area contributed by atoms with E-state index in [4.69, 9.17) is 10.5 Å². The Bertz CT molecular complexity index is 954. The van der Waals surface area contributed by atoms with E-state index in [9.17, 15) is 10.1 Å². The number of ether oxygens (including phenoxy) is 1. The summed E-state index contributed by atoms with van der Waals surface area (Å²) in [5.41, 5.74) is 9.37. The molecule has 130 valence electrons. The van der Waals surface area contributed by atoms with Crippen LogP contribution in [0.4, 0.5) is 5.69 Å². The van der Waals surface area contributed by atoms with Crippen LogP contribution < -0.4 is 5.73 Å². The molecule has 0 atom stereocenters. The molecule has 0 aliphatic carbocycles. The highest BCUT2D eigenvalue weighted by Gasteiger charge is 2.21. The van der Waals surface area contributed by atoms with Crippen LogP contribution in [0.5, 0.6) is 0 Å². The summed E-state index contributed by atoms with van der Waals surface area (Å²) < 4.78 is 6.38. The standard InChI is InChI=1S/C20H18N4O2/c1-26-20(25)19-18(22)15(12-21)13-24(19)17-9-6-14(7-10-17)5-8-16-4-2-3-11-23-16/h2-4,6-7,9-11,13H,5,8,22H2,1H3. The fraction of sp³-hybridized carbons (Fsp3) is 0.150. The molecule has 0 spiro atoms. The lowest BCUT2D eigenvalue weighted by Crippen LogP contribution is -2.11. The van der Waals surface area contributed by atoms with Gasteiger partial charge in [-0.3, -0.25) is 4.98 Å². The molecule has 26 heavy (non-hydrogen) atoms. The molecule has 0 bridgehead atoms. The van der Waals surface area contributed by atoms with Gasteiger partial charge in [-0.1, -0.05) is 18.2 Å². The van der Waals surface area contributed by atoms with Crippen molar-refractivity contribution >= 4 is 11.7 Å². The lowest BCUT2D eigenvalue weighted by Gasteiger charge is -2.09. The van der Waals surface area contributed by atoms with Gasteiger partial charge in [0.05, 0.1) is 18.4 Å². The Morgan fingerprint density at radius 1 is 1.23 bits per heavy atom. The van der Waals surface area contributed by atoms with Gasteiger partial charge in [-0.15, -0.1) is 0 Å². The Hall–Kier alpha value is -3.59. The number of aryl methyl sites for hydroxylation is 2. The largest absolute Gasteiger partial charge is 0.464 e. The smallest absolute Gasteiger partial charge is 0.357 e. The maximum Gasteiger partial charge on any atom is 0.357 e. The van der Waals surface area contributed by atoms with Gasteiger partial charge in [0.2, 0.25) is 0 Å². The number of nitrogens with two attached hydrogens (primary N) is 1. The van der Waals surface area contributed by atoms with Crippen molar-refractivity contribution in [3.63, 3.8) is 0 Å². The molecule has 0 fully saturated rings. The number of carbonyl (C=O) groups excluding carboxylic acids is 1. The van der Waals surface area contributed by atoms with Crippen LogP contribution in [0.1, 0.15) is 27.3 Å². The highest BCUT2D eigenvalue weighted by Crippen LogP contribution is 2.25. The molecule has 1 aromatic carbocycles. The van der Waals surface area contributed by atoms with Crippen LogP contribution in [-0.2, 0) is 17.6 Å². The summed E-state index contributed by atoms with van der Waals surface area (Å²) in [7, 11) is 1.28. The van der Waals surface area contributed by atoms with Crippen LogP contribution in [-0.4, -0.2) is 22.6 Å². The van der Waals surface area contributed by atoms with Gasteiger partial charge in [0, 0.05) is 23.8 Å². The van der Waals surface area contributed by atoms with Crippen LogP contribution in [0.25, 0.3) is 5.69 Å². The van der Waals surface area contributed by atoms with Gasteiger partial charge in [0.15, 0.2) is 5.69 Å². The Kier molecular flexibility index (Phi) is 4.99. The molecule has 6 nitrogen and oxygen atoms in total. The third-order valence-electron chi connectivity index (χ3n) is 4.15. The molecule has 0 saturated heterocycles. The number of hydrogen-bond acceptors (Lipinski definition) is 5. The molecule has 3 aromatic rings. The first kappa shape index (κ1) is 17.2. The van der Waals surface area contributed by atoms with Crippen molar-refractivity contribution in [1.29, 1.82) is 5.26 Å². The minimum atomic E-state index is -0.580. The fourth-order valence-corrected chi connectivity index (χ4v) is 2.76. The monoisotopic (exact) mass is 346 g/mol. The van der Waals surface area contributed by atoms with Crippen molar-refractivity contribution in [3.8, 4) is 11.8 Å². The Morgan fingerprint density at radius 2 is 2.00 bits per heavy atom. The predicted octanol–water partition coefficient (Wildman–Crippen LogP) is 2.90. The van der Waals surface area contributed by atoms with E-state index in [0.717, 1.165) is 29.8 Å². The van der Waals surface area contributed by atoms with E-state index in [1.807, 2.05) is 48.5 Å². The van der Waals surface area contributed by atoms with E-state index < -0.39 is 5.97 Å². The van der Waals surface area contributed by atoms with E-state index in [1.165, 1.54) is 7.11 Å². The zero-order valence-corrected chi connectivity index (χ0v) is 14.3. The van der Waals surface area contributed by atoms with Crippen molar-refractivity contribution in [3.05, 3.63) is 77.4 Å². The van der Waals surface area contributed by atoms with Crippen molar-refractivity contribution in [1.82, 2.24) is 9.55 Å². The number of pyridine rings is 1. The molecule has 0 amide bonds. The fourth-order valence-electron chi connectivity index (χ4n) is 2.76. The summed E-state index contributed by atoms with van der Waals surface area (Å²) in [6.45, 7) is 0. The number of anilines is 1. The average Bonchev–Trinajstić information content (AvgIpc) is 3.03.